The highest BCUT2D eigenvalue weighted by molar-refractivity contribution is 5.85. The van der Waals surface area contributed by atoms with Crippen LogP contribution in [0, 0.1) is 5.41 Å². The van der Waals surface area contributed by atoms with Gasteiger partial charge in [0.1, 0.15) is 5.84 Å². The molecule has 1 saturated carbocycles. The second-order valence-electron chi connectivity index (χ2n) is 6.60. The lowest BCUT2D eigenvalue weighted by Crippen LogP contribution is -2.35. The van der Waals surface area contributed by atoms with Crippen molar-refractivity contribution in [2.45, 2.75) is 71.3 Å². The SMILES string of the molecule is CN(CCCC(C)(C)C(N)=NO)C1CCCCCC1. The number of nitrogens with zero attached hydrogens (tertiary/aromatic N) is 2. The number of hydrogen-bond acceptors (Lipinski definition) is 3. The van der Waals surface area contributed by atoms with E-state index >= 15 is 0 Å². The molecule has 0 spiro atoms. The van der Waals surface area contributed by atoms with Gasteiger partial charge in [0.25, 0.3) is 0 Å². The van der Waals surface area contributed by atoms with Gasteiger partial charge in [0.2, 0.25) is 0 Å². The molecular formula is C15H31N3O. The predicted molar refractivity (Wildman–Crippen MR) is 80.5 cm³/mol. The van der Waals surface area contributed by atoms with Gasteiger partial charge < -0.3 is 15.8 Å². The van der Waals surface area contributed by atoms with Gasteiger partial charge in [-0.1, -0.05) is 44.7 Å². The molecule has 0 aromatic heterocycles. The van der Waals surface area contributed by atoms with Gasteiger partial charge in [0, 0.05) is 11.5 Å². The molecule has 0 amide bonds. The van der Waals surface area contributed by atoms with Crippen molar-refractivity contribution in [2.24, 2.45) is 16.3 Å². The van der Waals surface area contributed by atoms with E-state index in [0.29, 0.717) is 5.84 Å². The second-order valence-corrected chi connectivity index (χ2v) is 6.60. The van der Waals surface area contributed by atoms with Gasteiger partial charge in [-0.25, -0.2) is 0 Å². The van der Waals surface area contributed by atoms with Gasteiger partial charge in [-0.15, -0.1) is 0 Å². The molecule has 0 atom stereocenters. The van der Waals surface area contributed by atoms with Crippen LogP contribution < -0.4 is 5.73 Å². The fraction of sp³-hybridized carbons (Fsp3) is 0.933. The molecule has 0 aromatic carbocycles. The Morgan fingerprint density at radius 3 is 2.37 bits per heavy atom. The number of oxime groups is 1. The second kappa shape index (κ2) is 7.73. The van der Waals surface area contributed by atoms with Gasteiger partial charge in [-0.2, -0.15) is 0 Å². The van der Waals surface area contributed by atoms with Crippen molar-refractivity contribution < 1.29 is 5.21 Å². The zero-order chi connectivity index (χ0) is 14.3. The van der Waals surface area contributed by atoms with Crippen LogP contribution in [-0.2, 0) is 0 Å². The minimum atomic E-state index is -0.209. The van der Waals surface area contributed by atoms with Crippen LogP contribution in [0.25, 0.3) is 0 Å². The molecule has 3 N–H and O–H groups in total. The third-order valence-electron chi connectivity index (χ3n) is 4.56. The van der Waals surface area contributed by atoms with Crippen LogP contribution in [0.15, 0.2) is 5.16 Å². The first kappa shape index (κ1) is 16.3. The summed E-state index contributed by atoms with van der Waals surface area (Å²) in [5.74, 6) is 0.338. The molecular weight excluding hydrogens is 238 g/mol. The zero-order valence-corrected chi connectivity index (χ0v) is 12.9. The minimum Gasteiger partial charge on any atom is -0.409 e. The molecule has 0 bridgehead atoms. The van der Waals surface area contributed by atoms with Gasteiger partial charge in [0.05, 0.1) is 0 Å². The van der Waals surface area contributed by atoms with E-state index in [0.717, 1.165) is 25.4 Å². The molecule has 4 heteroatoms. The largest absolute Gasteiger partial charge is 0.409 e. The Morgan fingerprint density at radius 1 is 1.26 bits per heavy atom. The molecule has 0 aromatic rings. The molecule has 0 heterocycles. The molecule has 0 radical (unpaired) electrons. The molecule has 1 aliphatic carbocycles. The summed E-state index contributed by atoms with van der Waals surface area (Å²) < 4.78 is 0. The number of hydrogen-bond donors (Lipinski definition) is 2. The average molecular weight is 269 g/mol. The molecule has 0 aliphatic heterocycles. The van der Waals surface area contributed by atoms with Crippen LogP contribution in [-0.4, -0.2) is 35.6 Å². The molecule has 0 unspecified atom stereocenters. The van der Waals surface area contributed by atoms with Crippen molar-refractivity contribution in [3.8, 4) is 0 Å². The van der Waals surface area contributed by atoms with Crippen molar-refractivity contribution in [1.29, 1.82) is 0 Å². The number of amidine groups is 1. The standard InChI is InChI=1S/C15H31N3O/c1-15(2,14(16)17-19)11-8-12-18(3)13-9-6-4-5-7-10-13/h13,19H,4-12H2,1-3H3,(H2,16,17). The lowest BCUT2D eigenvalue weighted by Gasteiger charge is -2.29. The van der Waals surface area contributed by atoms with Gasteiger partial charge in [-0.05, 0) is 39.3 Å². The Kier molecular flexibility index (Phi) is 6.63. The highest BCUT2D eigenvalue weighted by Crippen LogP contribution is 2.24. The molecule has 112 valence electrons. The fourth-order valence-electron chi connectivity index (χ4n) is 2.91. The summed E-state index contributed by atoms with van der Waals surface area (Å²) in [6.45, 7) is 5.17. The number of rotatable bonds is 6. The highest BCUT2D eigenvalue weighted by Gasteiger charge is 2.24. The first-order valence-corrected chi connectivity index (χ1v) is 7.65. The first-order chi connectivity index (χ1) is 8.97. The Labute approximate surface area is 118 Å². The summed E-state index contributed by atoms with van der Waals surface area (Å²) in [5.41, 5.74) is 5.51. The van der Waals surface area contributed by atoms with Gasteiger partial charge in [0.15, 0.2) is 0 Å². The average Bonchev–Trinajstić information content (AvgIpc) is 2.66. The van der Waals surface area contributed by atoms with E-state index in [9.17, 15) is 0 Å². The molecule has 19 heavy (non-hydrogen) atoms. The smallest absolute Gasteiger partial charge is 0.144 e. The van der Waals surface area contributed by atoms with E-state index in [1.165, 1.54) is 38.5 Å². The Balaban J connectivity index is 2.31. The molecule has 1 rings (SSSR count). The van der Waals surface area contributed by atoms with Crippen LogP contribution >= 0.6 is 0 Å². The third-order valence-corrected chi connectivity index (χ3v) is 4.56. The van der Waals surface area contributed by atoms with E-state index in [1.54, 1.807) is 0 Å². The van der Waals surface area contributed by atoms with Crippen molar-refractivity contribution in [1.82, 2.24) is 4.90 Å². The minimum absolute atomic E-state index is 0.209. The summed E-state index contributed by atoms with van der Waals surface area (Å²) in [4.78, 5) is 2.51. The van der Waals surface area contributed by atoms with Gasteiger partial charge in [-0.3, -0.25) is 0 Å². The number of nitrogens with two attached hydrogens (primary N) is 1. The van der Waals surface area contributed by atoms with Crippen LogP contribution in [0.3, 0.4) is 0 Å². The summed E-state index contributed by atoms with van der Waals surface area (Å²) in [7, 11) is 2.24. The van der Waals surface area contributed by atoms with E-state index in [2.05, 4.69) is 17.1 Å². The van der Waals surface area contributed by atoms with Crippen LogP contribution in [0.2, 0.25) is 0 Å². The predicted octanol–water partition coefficient (Wildman–Crippen LogP) is 3.19. The van der Waals surface area contributed by atoms with Crippen LogP contribution in [0.4, 0.5) is 0 Å². The van der Waals surface area contributed by atoms with Gasteiger partial charge >= 0.3 is 0 Å². The summed E-state index contributed by atoms with van der Waals surface area (Å²) >= 11 is 0. The van der Waals surface area contributed by atoms with E-state index < -0.39 is 0 Å². The third kappa shape index (κ3) is 5.39. The summed E-state index contributed by atoms with van der Waals surface area (Å²) in [6, 6.07) is 0.759. The van der Waals surface area contributed by atoms with Crippen LogP contribution in [0.1, 0.15) is 65.2 Å². The molecule has 1 fully saturated rings. The normalized spacial score (nSPS) is 19.7. The van der Waals surface area contributed by atoms with Crippen molar-refractivity contribution in [3.63, 3.8) is 0 Å². The highest BCUT2D eigenvalue weighted by atomic mass is 16.4. The fourth-order valence-corrected chi connectivity index (χ4v) is 2.91. The van der Waals surface area contributed by atoms with E-state index in [-0.39, 0.29) is 5.41 Å². The van der Waals surface area contributed by atoms with E-state index in [4.69, 9.17) is 10.9 Å². The maximum atomic E-state index is 8.77. The zero-order valence-electron chi connectivity index (χ0n) is 12.9. The maximum Gasteiger partial charge on any atom is 0.144 e. The lowest BCUT2D eigenvalue weighted by molar-refractivity contribution is 0.210. The topological polar surface area (TPSA) is 61.8 Å². The Morgan fingerprint density at radius 2 is 1.84 bits per heavy atom. The van der Waals surface area contributed by atoms with E-state index in [1.807, 2.05) is 13.8 Å². The lowest BCUT2D eigenvalue weighted by atomic mass is 9.86. The van der Waals surface area contributed by atoms with Crippen molar-refractivity contribution in [2.75, 3.05) is 13.6 Å². The monoisotopic (exact) mass is 269 g/mol. The van der Waals surface area contributed by atoms with Crippen molar-refractivity contribution >= 4 is 5.84 Å². The first-order valence-electron chi connectivity index (χ1n) is 7.65. The molecule has 1 aliphatic rings. The Bertz CT molecular complexity index is 281. The quantitative estimate of drug-likeness (QED) is 0.256. The maximum absolute atomic E-state index is 8.77. The summed E-state index contributed by atoms with van der Waals surface area (Å²) in [6.07, 6.45) is 10.3. The van der Waals surface area contributed by atoms with Crippen molar-refractivity contribution in [3.05, 3.63) is 0 Å². The van der Waals surface area contributed by atoms with Crippen LogP contribution in [0.5, 0.6) is 0 Å². The Hall–Kier alpha value is -0.770. The molecule has 0 saturated heterocycles. The molecule has 4 nitrogen and oxygen atoms in total. The summed E-state index contributed by atoms with van der Waals surface area (Å²) in [5, 5.41) is 11.9.